The van der Waals surface area contributed by atoms with E-state index < -0.39 is 0 Å². The summed E-state index contributed by atoms with van der Waals surface area (Å²) in [6.07, 6.45) is 3.27. The van der Waals surface area contributed by atoms with Gasteiger partial charge in [-0.3, -0.25) is 4.79 Å². The fraction of sp³-hybridized carbons (Fsp3) is 0.292. The zero-order valence-corrected chi connectivity index (χ0v) is 16.3. The Morgan fingerprint density at radius 1 is 1.00 bits per heavy atom. The van der Waals surface area contributed by atoms with E-state index in [1.807, 2.05) is 54.3 Å². The molecule has 1 aliphatic heterocycles. The number of benzene rings is 2. The van der Waals surface area contributed by atoms with Gasteiger partial charge in [0.15, 0.2) is 0 Å². The number of fused-ring (bicyclic) bond motifs is 1. The maximum Gasteiger partial charge on any atom is 0.223 e. The van der Waals surface area contributed by atoms with Crippen molar-refractivity contribution >= 4 is 5.91 Å². The van der Waals surface area contributed by atoms with Gasteiger partial charge in [-0.05, 0) is 42.7 Å². The minimum Gasteiger partial charge on any atom is -0.494 e. The number of hydrogen-bond acceptors (Lipinski definition) is 2. The Bertz CT molecular complexity index is 933. The molecule has 4 heteroatoms. The molecule has 1 atom stereocenters. The molecule has 0 N–H and O–H groups in total. The van der Waals surface area contributed by atoms with Crippen molar-refractivity contribution in [3.63, 3.8) is 0 Å². The predicted molar refractivity (Wildman–Crippen MR) is 110 cm³/mol. The van der Waals surface area contributed by atoms with Gasteiger partial charge in [-0.15, -0.1) is 0 Å². The summed E-state index contributed by atoms with van der Waals surface area (Å²) < 4.78 is 7.97. The summed E-state index contributed by atoms with van der Waals surface area (Å²) in [7, 11) is 0. The molecule has 0 radical (unpaired) electrons. The lowest BCUT2D eigenvalue weighted by molar-refractivity contribution is -0.133. The zero-order valence-electron chi connectivity index (χ0n) is 16.3. The summed E-state index contributed by atoms with van der Waals surface area (Å²) in [6, 6.07) is 22.5. The van der Waals surface area contributed by atoms with Crippen LogP contribution in [0.2, 0.25) is 0 Å². The molecule has 1 aromatic heterocycles. The Morgan fingerprint density at radius 2 is 1.79 bits per heavy atom. The summed E-state index contributed by atoms with van der Waals surface area (Å²) in [5, 5.41) is 0. The Labute approximate surface area is 166 Å². The van der Waals surface area contributed by atoms with Crippen LogP contribution in [0.25, 0.3) is 0 Å². The minimum absolute atomic E-state index is 0.0282. The lowest BCUT2D eigenvalue weighted by Gasteiger charge is -2.37. The van der Waals surface area contributed by atoms with Gasteiger partial charge in [0.2, 0.25) is 5.91 Å². The molecule has 0 saturated carbocycles. The van der Waals surface area contributed by atoms with Crippen LogP contribution in [0.4, 0.5) is 0 Å². The van der Waals surface area contributed by atoms with Gasteiger partial charge >= 0.3 is 0 Å². The van der Waals surface area contributed by atoms with Crippen molar-refractivity contribution in [1.82, 2.24) is 9.47 Å². The first-order valence-electron chi connectivity index (χ1n) is 9.98. The SMILES string of the molecule is CCOc1ccccc1CCC(=O)N1CCn2cccc2C1c1ccccc1. The highest BCUT2D eigenvalue weighted by Gasteiger charge is 2.31. The Morgan fingerprint density at radius 3 is 2.61 bits per heavy atom. The van der Waals surface area contributed by atoms with Gasteiger partial charge in [0.05, 0.1) is 12.6 Å². The van der Waals surface area contributed by atoms with Gasteiger partial charge in [0.1, 0.15) is 5.75 Å². The lowest BCUT2D eigenvalue weighted by atomic mass is 9.99. The number of nitrogens with zero attached hydrogens (tertiary/aromatic N) is 2. The predicted octanol–water partition coefficient (Wildman–Crippen LogP) is 4.45. The van der Waals surface area contributed by atoms with Crippen molar-refractivity contribution in [2.75, 3.05) is 13.2 Å². The fourth-order valence-electron chi connectivity index (χ4n) is 4.03. The van der Waals surface area contributed by atoms with Crippen molar-refractivity contribution in [3.05, 3.63) is 89.7 Å². The van der Waals surface area contributed by atoms with Gasteiger partial charge in [0.25, 0.3) is 0 Å². The summed E-state index contributed by atoms with van der Waals surface area (Å²) in [5.41, 5.74) is 3.43. The molecule has 0 fully saturated rings. The van der Waals surface area contributed by atoms with Crippen molar-refractivity contribution in [2.24, 2.45) is 0 Å². The molecule has 1 aliphatic rings. The van der Waals surface area contributed by atoms with Gasteiger partial charge < -0.3 is 14.2 Å². The number of carbonyl (C=O) groups excluding carboxylic acids is 1. The topological polar surface area (TPSA) is 34.5 Å². The average Bonchev–Trinajstić information content (AvgIpc) is 3.22. The number of para-hydroxylation sites is 1. The molecule has 3 aromatic rings. The second-order valence-corrected chi connectivity index (χ2v) is 7.07. The molecule has 2 aromatic carbocycles. The van der Waals surface area contributed by atoms with Gasteiger partial charge in [0, 0.05) is 31.4 Å². The van der Waals surface area contributed by atoms with Crippen LogP contribution in [-0.2, 0) is 17.8 Å². The molecule has 0 bridgehead atoms. The molecule has 0 aliphatic carbocycles. The van der Waals surface area contributed by atoms with Crippen molar-refractivity contribution in [2.45, 2.75) is 32.4 Å². The number of aromatic nitrogens is 1. The van der Waals surface area contributed by atoms with Crippen LogP contribution in [0.15, 0.2) is 72.9 Å². The minimum atomic E-state index is -0.0282. The number of aryl methyl sites for hydroxylation is 1. The fourth-order valence-corrected chi connectivity index (χ4v) is 4.03. The van der Waals surface area contributed by atoms with E-state index >= 15 is 0 Å². The van der Waals surface area contributed by atoms with E-state index in [9.17, 15) is 4.79 Å². The van der Waals surface area contributed by atoms with E-state index in [-0.39, 0.29) is 11.9 Å². The third-order valence-corrected chi connectivity index (χ3v) is 5.35. The molecular formula is C24H26N2O2. The van der Waals surface area contributed by atoms with Crippen molar-refractivity contribution in [3.8, 4) is 5.75 Å². The standard InChI is InChI=1S/C24H26N2O2/c1-2-28-22-13-7-6-9-19(22)14-15-23(27)26-18-17-25-16-8-12-21(25)24(26)20-10-4-3-5-11-20/h3-13,16,24H,2,14-15,17-18H2,1H3. The maximum atomic E-state index is 13.2. The molecule has 0 saturated heterocycles. The monoisotopic (exact) mass is 374 g/mol. The molecule has 4 rings (SSSR count). The molecule has 0 spiro atoms. The third-order valence-electron chi connectivity index (χ3n) is 5.35. The van der Waals surface area contributed by atoms with E-state index in [1.54, 1.807) is 0 Å². The highest BCUT2D eigenvalue weighted by atomic mass is 16.5. The van der Waals surface area contributed by atoms with E-state index in [0.717, 1.165) is 30.0 Å². The van der Waals surface area contributed by atoms with Gasteiger partial charge in [-0.1, -0.05) is 48.5 Å². The Balaban J connectivity index is 1.55. The molecule has 2 heterocycles. The second-order valence-electron chi connectivity index (χ2n) is 7.07. The largest absolute Gasteiger partial charge is 0.494 e. The molecule has 1 unspecified atom stereocenters. The van der Waals surface area contributed by atoms with E-state index in [2.05, 4.69) is 35.0 Å². The molecule has 144 valence electrons. The number of amides is 1. The first-order chi connectivity index (χ1) is 13.8. The van der Waals surface area contributed by atoms with Crippen LogP contribution < -0.4 is 4.74 Å². The Kier molecular flexibility index (Phi) is 5.47. The number of ether oxygens (including phenoxy) is 1. The number of rotatable bonds is 6. The Hall–Kier alpha value is -3.01. The molecular weight excluding hydrogens is 348 g/mol. The second kappa shape index (κ2) is 8.34. The summed E-state index contributed by atoms with van der Waals surface area (Å²) in [4.78, 5) is 15.3. The molecule has 4 nitrogen and oxygen atoms in total. The van der Waals surface area contributed by atoms with E-state index in [0.29, 0.717) is 19.4 Å². The van der Waals surface area contributed by atoms with Crippen molar-refractivity contribution < 1.29 is 9.53 Å². The van der Waals surface area contributed by atoms with Crippen LogP contribution >= 0.6 is 0 Å². The third kappa shape index (κ3) is 3.68. The summed E-state index contributed by atoms with van der Waals surface area (Å²) in [6.45, 7) is 4.18. The van der Waals surface area contributed by atoms with Crippen LogP contribution in [0.3, 0.4) is 0 Å². The first kappa shape index (κ1) is 18.4. The average molecular weight is 374 g/mol. The van der Waals surface area contributed by atoms with Crippen LogP contribution in [0, 0.1) is 0 Å². The van der Waals surface area contributed by atoms with E-state index in [4.69, 9.17) is 4.74 Å². The van der Waals surface area contributed by atoms with Crippen molar-refractivity contribution in [1.29, 1.82) is 0 Å². The van der Waals surface area contributed by atoms with Crippen LogP contribution in [0.5, 0.6) is 5.75 Å². The smallest absolute Gasteiger partial charge is 0.223 e. The summed E-state index contributed by atoms with van der Waals surface area (Å²) >= 11 is 0. The summed E-state index contributed by atoms with van der Waals surface area (Å²) in [5.74, 6) is 1.07. The van der Waals surface area contributed by atoms with Gasteiger partial charge in [-0.25, -0.2) is 0 Å². The number of carbonyl (C=O) groups is 1. The first-order valence-corrected chi connectivity index (χ1v) is 9.98. The normalized spacial score (nSPS) is 15.9. The highest BCUT2D eigenvalue weighted by molar-refractivity contribution is 5.77. The zero-order chi connectivity index (χ0) is 19.3. The lowest BCUT2D eigenvalue weighted by Crippen LogP contribution is -2.42. The maximum absolute atomic E-state index is 13.2. The number of hydrogen-bond donors (Lipinski definition) is 0. The quantitative estimate of drug-likeness (QED) is 0.639. The molecule has 28 heavy (non-hydrogen) atoms. The van der Waals surface area contributed by atoms with Gasteiger partial charge in [-0.2, -0.15) is 0 Å². The van der Waals surface area contributed by atoms with Crippen LogP contribution in [0.1, 0.15) is 36.2 Å². The van der Waals surface area contributed by atoms with E-state index in [1.165, 1.54) is 5.69 Å². The molecule has 1 amide bonds. The highest BCUT2D eigenvalue weighted by Crippen LogP contribution is 2.33. The van der Waals surface area contributed by atoms with Crippen LogP contribution in [-0.4, -0.2) is 28.5 Å².